The van der Waals surface area contributed by atoms with E-state index in [0.29, 0.717) is 94.2 Å². The van der Waals surface area contributed by atoms with Crippen LogP contribution in [0.1, 0.15) is 113 Å². The minimum atomic E-state index is -3.08. The van der Waals surface area contributed by atoms with Gasteiger partial charge < -0.3 is 40.8 Å². The summed E-state index contributed by atoms with van der Waals surface area (Å²) in [7, 11) is -11.8. The number of rotatable bonds is 37. The molecule has 25 heteroatoms. The minimum absolute atomic E-state index is 0.0708. The fourth-order valence-electron chi connectivity index (χ4n) is 5.11. The molecule has 0 aliphatic heterocycles. The zero-order chi connectivity index (χ0) is 60.0. The lowest BCUT2D eigenvalue weighted by Gasteiger charge is -2.24. The molecule has 0 aliphatic rings. The Kier molecular flexibility index (Phi) is 49.6. The number of sulfone groups is 4. The lowest BCUT2D eigenvalue weighted by Crippen LogP contribution is -2.47. The van der Waals surface area contributed by atoms with Gasteiger partial charge in [-0.3, -0.25) is 24.0 Å². The monoisotopic (exact) mass is 1160 g/mol. The molecule has 0 aromatic rings. The van der Waals surface area contributed by atoms with Crippen LogP contribution in [0.15, 0.2) is 61.3 Å². The van der Waals surface area contributed by atoms with Crippen LogP contribution in [0, 0.1) is 0 Å². The Balaban J connectivity index is -0.000000279. The van der Waals surface area contributed by atoms with Gasteiger partial charge in [0.1, 0.15) is 39.3 Å². The second-order valence-electron chi connectivity index (χ2n) is 18.7. The Morgan fingerprint density at radius 1 is 0.434 bits per heavy atom. The second kappa shape index (κ2) is 46.8. The van der Waals surface area contributed by atoms with Crippen molar-refractivity contribution in [3.63, 3.8) is 0 Å². The van der Waals surface area contributed by atoms with E-state index >= 15 is 0 Å². The number of unbranched alkanes of at least 4 members (excludes halogenated alkanes) is 4. The third-order valence-electron chi connectivity index (χ3n) is 8.83. The second-order valence-corrected chi connectivity index (χ2v) is 27.6. The van der Waals surface area contributed by atoms with Crippen molar-refractivity contribution >= 4 is 68.9 Å². The van der Waals surface area contributed by atoms with Gasteiger partial charge in [0.25, 0.3) is 0 Å². The molecule has 0 atom stereocenters. The molecule has 0 heterocycles. The van der Waals surface area contributed by atoms with E-state index in [2.05, 4.69) is 66.4 Å². The van der Waals surface area contributed by atoms with Crippen LogP contribution in [0.5, 0.6) is 0 Å². The van der Waals surface area contributed by atoms with Crippen molar-refractivity contribution in [2.45, 2.75) is 118 Å². The first kappa shape index (κ1) is 80.6. The maximum absolute atomic E-state index is 11.2. The highest BCUT2D eigenvalue weighted by Gasteiger charge is 2.24. The molecular weight excluding hydrogens is 1070 g/mol. The molecule has 76 heavy (non-hydrogen) atoms. The van der Waals surface area contributed by atoms with Gasteiger partial charge in [0, 0.05) is 112 Å². The molecule has 0 fully saturated rings. The molecule has 5 amide bonds. The van der Waals surface area contributed by atoms with Crippen LogP contribution in [0.4, 0.5) is 0 Å². The summed E-state index contributed by atoms with van der Waals surface area (Å²) in [6, 6.07) is 0. The Hall–Kier alpha value is -4.27. The fraction of sp³-hybridized carbons (Fsp3) is 0.706. The summed E-state index contributed by atoms with van der Waals surface area (Å²) >= 11 is 0. The Morgan fingerprint density at radius 2 is 0.750 bits per heavy atom. The number of amides is 5. The summed E-state index contributed by atoms with van der Waals surface area (Å²) < 4.78 is 102. The van der Waals surface area contributed by atoms with Crippen LogP contribution in [-0.2, 0) is 77.5 Å². The highest BCUT2D eigenvalue weighted by molar-refractivity contribution is 7.91. The molecule has 0 saturated carbocycles. The summed E-state index contributed by atoms with van der Waals surface area (Å²) in [4.78, 5) is 55.0. The highest BCUT2D eigenvalue weighted by atomic mass is 32.2. The lowest BCUT2D eigenvalue weighted by molar-refractivity contribution is -0.118. The molecule has 0 spiro atoms. The topological polar surface area (TPSA) is 310 Å². The van der Waals surface area contributed by atoms with Crippen molar-refractivity contribution in [3.8, 4) is 0 Å². The van der Waals surface area contributed by atoms with E-state index in [9.17, 15) is 57.6 Å². The summed E-state index contributed by atoms with van der Waals surface area (Å²) in [5, 5.41) is 13.2. The number of hydrogen-bond donors (Lipinski definition) is 5. The van der Waals surface area contributed by atoms with Crippen molar-refractivity contribution in [1.82, 2.24) is 26.6 Å². The summed E-state index contributed by atoms with van der Waals surface area (Å²) in [5.74, 6) is -0.608. The molecule has 0 rings (SSSR count). The van der Waals surface area contributed by atoms with E-state index in [1.165, 1.54) is 18.8 Å². The molecular formula is C51H97N5O16S4. The van der Waals surface area contributed by atoms with Crippen molar-refractivity contribution < 1.29 is 71.9 Å². The van der Waals surface area contributed by atoms with Gasteiger partial charge in [-0.05, 0) is 92.6 Å². The largest absolute Gasteiger partial charge is 0.381 e. The van der Waals surface area contributed by atoms with Gasteiger partial charge in [-0.1, -0.05) is 59.1 Å². The van der Waals surface area contributed by atoms with Crippen LogP contribution in [0.25, 0.3) is 0 Å². The van der Waals surface area contributed by atoms with Gasteiger partial charge in [0.05, 0.1) is 29.6 Å². The van der Waals surface area contributed by atoms with Gasteiger partial charge in [0.2, 0.25) is 29.5 Å². The Bertz CT molecular complexity index is 2210. The average molecular weight is 1160 g/mol. The number of nitrogens with one attached hydrogen (secondary N) is 5. The van der Waals surface area contributed by atoms with Crippen molar-refractivity contribution in [2.24, 2.45) is 0 Å². The van der Waals surface area contributed by atoms with Crippen molar-refractivity contribution in [1.29, 1.82) is 0 Å². The normalized spacial score (nSPS) is 11.1. The first-order valence-electron chi connectivity index (χ1n) is 25.0. The van der Waals surface area contributed by atoms with Gasteiger partial charge in [0.15, 0.2) is 0 Å². The SMILES string of the molecule is C=C(C)C(=O)NCCCCCCOCCCS(C)(=O)=O.C=C(C)C(=O)NCCCOCCCC.C=C(C)C(=O)NCCCS(C)(=O)=O.C=C(C)C(=O)NCCOCCCS(C)(=O)=O.C=CC(=O)NC(C)(C)CS(C)(=O)=O. The lowest BCUT2D eigenvalue weighted by atomic mass is 10.1. The fourth-order valence-corrected chi connectivity index (χ4v) is 8.45. The smallest absolute Gasteiger partial charge is 0.246 e. The third-order valence-corrected chi connectivity index (χ3v) is 13.2. The van der Waals surface area contributed by atoms with E-state index in [1.807, 2.05) is 0 Å². The molecule has 21 nitrogen and oxygen atoms in total. The number of hydrogen-bond acceptors (Lipinski definition) is 16. The van der Waals surface area contributed by atoms with Gasteiger partial charge in [-0.2, -0.15) is 0 Å². The van der Waals surface area contributed by atoms with Gasteiger partial charge >= 0.3 is 0 Å². The van der Waals surface area contributed by atoms with Crippen molar-refractivity contribution in [2.75, 3.05) is 114 Å². The van der Waals surface area contributed by atoms with Crippen LogP contribution in [-0.4, -0.2) is 183 Å². The summed E-state index contributed by atoms with van der Waals surface area (Å²) in [6.45, 7) is 35.0. The molecule has 446 valence electrons. The number of carbonyl (C=O) groups excluding carboxylic acids is 5. The van der Waals surface area contributed by atoms with Crippen LogP contribution in [0.3, 0.4) is 0 Å². The highest BCUT2D eigenvalue weighted by Crippen LogP contribution is 2.06. The maximum atomic E-state index is 11.2. The molecule has 0 aromatic heterocycles. The van der Waals surface area contributed by atoms with E-state index < -0.39 is 44.9 Å². The Morgan fingerprint density at radius 3 is 1.12 bits per heavy atom. The molecule has 0 aromatic carbocycles. The van der Waals surface area contributed by atoms with Crippen molar-refractivity contribution in [3.05, 3.63) is 61.3 Å². The predicted octanol–water partition coefficient (Wildman–Crippen LogP) is 3.93. The van der Waals surface area contributed by atoms with Crippen LogP contribution >= 0.6 is 0 Å². The summed E-state index contributed by atoms with van der Waals surface area (Å²) in [6.07, 6.45) is 14.5. The third kappa shape index (κ3) is 71.8. The quantitative estimate of drug-likeness (QED) is 0.0435. The molecule has 0 aliphatic carbocycles. The summed E-state index contributed by atoms with van der Waals surface area (Å²) in [5.41, 5.74) is 1.22. The Labute approximate surface area is 458 Å². The number of carbonyl (C=O) groups is 5. The zero-order valence-electron chi connectivity index (χ0n) is 47.7. The minimum Gasteiger partial charge on any atom is -0.381 e. The molecule has 0 saturated heterocycles. The molecule has 5 N–H and O–H groups in total. The van der Waals surface area contributed by atoms with Gasteiger partial charge in [-0.15, -0.1) is 0 Å². The van der Waals surface area contributed by atoms with Crippen LogP contribution < -0.4 is 26.6 Å². The first-order valence-corrected chi connectivity index (χ1v) is 33.2. The standard InChI is InChI=1S/C14H27NO4S.C11H21NO2.C10H19NO4S.2C8H15NO3S/c1-13(2)14(16)15-9-6-4-5-7-10-19-11-8-12-20(3,17)18;1-4-5-8-14-9-6-7-12-11(13)10(2)3;1-9(2)10(12)11-5-7-15-6-4-8-16(3,13)14;1-7(2)8(10)9-5-4-6-13(3,11)12;1-5-7(10)9-8(2,3)6-13(4,11)12/h1,4-12H2,2-3H3,(H,15,16);2,4-9H2,1,3H3,(H,12,13);1,4-8H2,2-3H3,(H,11,12);1,4-6H2,2-3H3,(H,9,10);5H,1,6H2,2-4H3,(H,9,10). The van der Waals surface area contributed by atoms with Crippen LogP contribution in [0.2, 0.25) is 0 Å². The molecule has 0 radical (unpaired) electrons. The first-order chi connectivity index (χ1) is 34.8. The average Bonchev–Trinajstić information content (AvgIpc) is 3.27. The predicted molar refractivity (Wildman–Crippen MR) is 307 cm³/mol. The maximum Gasteiger partial charge on any atom is 0.246 e. The van der Waals surface area contributed by atoms with E-state index in [4.69, 9.17) is 14.2 Å². The van der Waals surface area contributed by atoms with E-state index in [0.717, 1.165) is 70.5 Å². The zero-order valence-corrected chi connectivity index (χ0v) is 51.0. The van der Waals surface area contributed by atoms with E-state index in [-0.39, 0.29) is 52.5 Å². The molecule has 0 bridgehead atoms. The molecule has 0 unspecified atom stereocenters. The number of ether oxygens (including phenoxy) is 3. The van der Waals surface area contributed by atoms with Gasteiger partial charge in [-0.25, -0.2) is 33.7 Å². The van der Waals surface area contributed by atoms with E-state index in [1.54, 1.807) is 41.5 Å².